The molecule has 0 unspecified atom stereocenters. The van der Waals surface area contributed by atoms with Gasteiger partial charge in [0.2, 0.25) is 5.71 Å². The van der Waals surface area contributed by atoms with E-state index >= 15 is 0 Å². The number of nitrogens with zero attached hydrogens (tertiary/aromatic N) is 4. The van der Waals surface area contributed by atoms with Crippen LogP contribution in [0, 0.1) is 18.8 Å². The van der Waals surface area contributed by atoms with Crippen LogP contribution in [0.5, 0.6) is 0 Å². The minimum Gasteiger partial charge on any atom is -0.442 e. The van der Waals surface area contributed by atoms with Gasteiger partial charge in [0.25, 0.3) is 5.91 Å². The highest BCUT2D eigenvalue weighted by atomic mass is 16.3. The molecule has 2 aromatic heterocycles. The molecule has 0 spiro atoms. The molecule has 1 amide bonds. The van der Waals surface area contributed by atoms with E-state index in [4.69, 9.17) is 4.42 Å². The first kappa shape index (κ1) is 20.1. The highest BCUT2D eigenvalue weighted by Gasteiger charge is 2.26. The van der Waals surface area contributed by atoms with E-state index in [1.54, 1.807) is 0 Å². The van der Waals surface area contributed by atoms with E-state index in [1.165, 1.54) is 19.2 Å². The van der Waals surface area contributed by atoms with Gasteiger partial charge in [0.1, 0.15) is 17.9 Å². The predicted molar refractivity (Wildman–Crippen MR) is 114 cm³/mol. The standard InChI is InChI=1S/C22H33N5O2/c1-15-11-16(2)13-26(12-15)10-7-23-21(28)18-17(3)29-22-19(18)20(24-14-25-22)27-8-5-4-6-9-27/h14-16H,4-13H2,1-3H3,(H,23,28)/t15-,16-/m0/s1. The van der Waals surface area contributed by atoms with Gasteiger partial charge in [-0.3, -0.25) is 4.79 Å². The maximum Gasteiger partial charge on any atom is 0.255 e. The summed E-state index contributed by atoms with van der Waals surface area (Å²) < 4.78 is 5.83. The van der Waals surface area contributed by atoms with E-state index in [0.717, 1.165) is 68.6 Å². The van der Waals surface area contributed by atoms with Crippen molar-refractivity contribution in [3.63, 3.8) is 0 Å². The first-order valence-electron chi connectivity index (χ1n) is 11.0. The van der Waals surface area contributed by atoms with Gasteiger partial charge in [0.05, 0.1) is 10.9 Å². The number of carbonyl (C=O) groups is 1. The third-order valence-corrected chi connectivity index (χ3v) is 6.19. The smallest absolute Gasteiger partial charge is 0.255 e. The number of aryl methyl sites for hydroxylation is 1. The minimum absolute atomic E-state index is 0.0904. The normalized spacial score (nSPS) is 23.5. The minimum atomic E-state index is -0.0904. The third-order valence-electron chi connectivity index (χ3n) is 6.19. The number of piperidine rings is 2. The van der Waals surface area contributed by atoms with Crippen molar-refractivity contribution in [3.8, 4) is 0 Å². The van der Waals surface area contributed by atoms with Gasteiger partial charge in [-0.25, -0.2) is 9.97 Å². The molecule has 7 nitrogen and oxygen atoms in total. The molecule has 2 aromatic rings. The van der Waals surface area contributed by atoms with Gasteiger partial charge < -0.3 is 19.5 Å². The van der Waals surface area contributed by atoms with Crippen LogP contribution in [-0.4, -0.2) is 60.0 Å². The Kier molecular flexibility index (Phi) is 6.04. The van der Waals surface area contributed by atoms with Crippen molar-refractivity contribution in [3.05, 3.63) is 17.7 Å². The molecular formula is C22H33N5O2. The molecule has 2 saturated heterocycles. The van der Waals surface area contributed by atoms with E-state index in [9.17, 15) is 4.79 Å². The van der Waals surface area contributed by atoms with Crippen LogP contribution < -0.4 is 10.2 Å². The zero-order valence-corrected chi connectivity index (χ0v) is 17.9. The zero-order chi connectivity index (χ0) is 20.4. The Morgan fingerprint density at radius 3 is 2.62 bits per heavy atom. The zero-order valence-electron chi connectivity index (χ0n) is 17.9. The first-order valence-corrected chi connectivity index (χ1v) is 11.0. The highest BCUT2D eigenvalue weighted by molar-refractivity contribution is 6.10. The number of fused-ring (bicyclic) bond motifs is 1. The summed E-state index contributed by atoms with van der Waals surface area (Å²) in [5.74, 6) is 2.79. The molecular weight excluding hydrogens is 366 g/mol. The molecule has 29 heavy (non-hydrogen) atoms. The van der Waals surface area contributed by atoms with Gasteiger partial charge in [0, 0.05) is 39.3 Å². The number of amides is 1. The van der Waals surface area contributed by atoms with Gasteiger partial charge in [-0.2, -0.15) is 0 Å². The molecule has 0 saturated carbocycles. The quantitative estimate of drug-likeness (QED) is 0.832. The Balaban J connectivity index is 1.49. The molecule has 1 N–H and O–H groups in total. The summed E-state index contributed by atoms with van der Waals surface area (Å²) in [6, 6.07) is 0. The summed E-state index contributed by atoms with van der Waals surface area (Å²) in [5.41, 5.74) is 1.09. The van der Waals surface area contributed by atoms with Crippen LogP contribution in [0.2, 0.25) is 0 Å². The second-order valence-electron chi connectivity index (χ2n) is 8.92. The third kappa shape index (κ3) is 4.39. The Morgan fingerprint density at radius 1 is 1.17 bits per heavy atom. The van der Waals surface area contributed by atoms with Crippen molar-refractivity contribution in [1.29, 1.82) is 0 Å². The largest absolute Gasteiger partial charge is 0.442 e. The number of aromatic nitrogens is 2. The fraction of sp³-hybridized carbons (Fsp3) is 0.682. The number of furan rings is 1. The average Bonchev–Trinajstić information content (AvgIpc) is 3.03. The van der Waals surface area contributed by atoms with Crippen LogP contribution in [0.1, 0.15) is 55.6 Å². The lowest BCUT2D eigenvalue weighted by atomic mass is 9.92. The van der Waals surface area contributed by atoms with Crippen molar-refractivity contribution in [1.82, 2.24) is 20.2 Å². The predicted octanol–water partition coefficient (Wildman–Crippen LogP) is 3.23. The molecule has 0 aliphatic carbocycles. The van der Waals surface area contributed by atoms with Gasteiger partial charge >= 0.3 is 0 Å². The monoisotopic (exact) mass is 399 g/mol. The molecule has 2 aliphatic rings. The fourth-order valence-electron chi connectivity index (χ4n) is 5.04. The first-order chi connectivity index (χ1) is 14.0. The van der Waals surface area contributed by atoms with E-state index in [1.807, 2.05) is 6.92 Å². The summed E-state index contributed by atoms with van der Waals surface area (Å²) in [6.45, 7) is 12.1. The second kappa shape index (κ2) is 8.69. The second-order valence-corrected chi connectivity index (χ2v) is 8.92. The van der Waals surface area contributed by atoms with E-state index in [0.29, 0.717) is 23.6 Å². The summed E-state index contributed by atoms with van der Waals surface area (Å²) in [6.07, 6.45) is 6.38. The molecule has 0 aromatic carbocycles. The number of hydrogen-bond donors (Lipinski definition) is 1. The lowest BCUT2D eigenvalue weighted by Crippen LogP contribution is -2.42. The Labute approximate surface area is 172 Å². The number of likely N-dealkylation sites (tertiary alicyclic amines) is 1. The maximum atomic E-state index is 13.1. The maximum absolute atomic E-state index is 13.1. The van der Waals surface area contributed by atoms with Gasteiger partial charge in [-0.05, 0) is 44.4 Å². The van der Waals surface area contributed by atoms with Gasteiger partial charge in [-0.15, -0.1) is 0 Å². The van der Waals surface area contributed by atoms with Crippen LogP contribution in [0.4, 0.5) is 5.82 Å². The SMILES string of the molecule is Cc1oc2ncnc(N3CCCCC3)c2c1C(=O)NCCN1C[C@@H](C)C[C@H](C)C1. The van der Waals surface area contributed by atoms with E-state index in [-0.39, 0.29) is 5.91 Å². The van der Waals surface area contributed by atoms with Crippen LogP contribution in [0.15, 0.2) is 10.7 Å². The molecule has 4 heterocycles. The molecule has 0 radical (unpaired) electrons. The Bertz CT molecular complexity index is 848. The lowest BCUT2D eigenvalue weighted by Gasteiger charge is -2.34. The van der Waals surface area contributed by atoms with Crippen LogP contribution in [-0.2, 0) is 0 Å². The van der Waals surface area contributed by atoms with Crippen molar-refractivity contribution < 1.29 is 9.21 Å². The summed E-state index contributed by atoms with van der Waals surface area (Å²) in [5, 5.41) is 3.86. The molecule has 4 rings (SSSR count). The van der Waals surface area contributed by atoms with Crippen molar-refractivity contribution in [2.24, 2.45) is 11.8 Å². The molecule has 7 heteroatoms. The van der Waals surface area contributed by atoms with Crippen LogP contribution >= 0.6 is 0 Å². The van der Waals surface area contributed by atoms with Crippen LogP contribution in [0.3, 0.4) is 0 Å². The van der Waals surface area contributed by atoms with E-state index in [2.05, 4.69) is 38.9 Å². The van der Waals surface area contributed by atoms with Gasteiger partial charge in [0.15, 0.2) is 0 Å². The number of carbonyl (C=O) groups excluding carboxylic acids is 1. The molecule has 158 valence electrons. The lowest BCUT2D eigenvalue weighted by molar-refractivity contribution is 0.0936. The Morgan fingerprint density at radius 2 is 1.90 bits per heavy atom. The van der Waals surface area contributed by atoms with Crippen molar-refractivity contribution in [2.45, 2.75) is 46.5 Å². The topological polar surface area (TPSA) is 74.5 Å². The number of anilines is 1. The summed E-state index contributed by atoms with van der Waals surface area (Å²) in [7, 11) is 0. The molecule has 2 aliphatic heterocycles. The van der Waals surface area contributed by atoms with Crippen LogP contribution in [0.25, 0.3) is 11.1 Å². The Hall–Kier alpha value is -2.15. The van der Waals surface area contributed by atoms with Gasteiger partial charge in [-0.1, -0.05) is 13.8 Å². The summed E-state index contributed by atoms with van der Waals surface area (Å²) in [4.78, 5) is 26.6. The summed E-state index contributed by atoms with van der Waals surface area (Å²) >= 11 is 0. The molecule has 0 bridgehead atoms. The fourth-order valence-corrected chi connectivity index (χ4v) is 5.04. The highest BCUT2D eigenvalue weighted by Crippen LogP contribution is 2.32. The number of nitrogens with one attached hydrogen (secondary N) is 1. The average molecular weight is 400 g/mol. The van der Waals surface area contributed by atoms with Crippen molar-refractivity contribution in [2.75, 3.05) is 44.2 Å². The van der Waals surface area contributed by atoms with E-state index < -0.39 is 0 Å². The van der Waals surface area contributed by atoms with Crippen molar-refractivity contribution >= 4 is 22.8 Å². The number of hydrogen-bond acceptors (Lipinski definition) is 6. The number of rotatable bonds is 5. The molecule has 2 atom stereocenters. The molecule has 2 fully saturated rings.